The molecule has 1 aromatic carbocycles. The number of carbonyl (C=O) groups excluding carboxylic acids is 4. The fourth-order valence-electron chi connectivity index (χ4n) is 2.90. The predicted molar refractivity (Wildman–Crippen MR) is 107 cm³/mol. The third kappa shape index (κ3) is 7.21. The highest BCUT2D eigenvalue weighted by Crippen LogP contribution is 2.21. The summed E-state index contributed by atoms with van der Waals surface area (Å²) >= 11 is 0. The number of hydrogen-bond donors (Lipinski definition) is 1. The number of Topliss-reactive ketones (excluding diaryl/α,β-unsaturated/α-hetero) is 1. The molecule has 2 amide bonds. The number of benzene rings is 1. The Morgan fingerprint density at radius 3 is 2.17 bits per heavy atom. The van der Waals surface area contributed by atoms with Gasteiger partial charge in [-0.2, -0.15) is 0 Å². The van der Waals surface area contributed by atoms with Crippen molar-refractivity contribution in [3.63, 3.8) is 0 Å². The SMILES string of the molecule is CC(=O)Nc1ccc(C(=O)COC(=O)C2CCN(C(=O)OC(C)(C)C)CC2)cc1. The van der Waals surface area contributed by atoms with Crippen molar-refractivity contribution in [2.24, 2.45) is 5.92 Å². The Kier molecular flexibility index (Phi) is 7.36. The monoisotopic (exact) mass is 404 g/mol. The highest BCUT2D eigenvalue weighted by Gasteiger charge is 2.31. The average molecular weight is 404 g/mol. The summed E-state index contributed by atoms with van der Waals surface area (Å²) in [7, 11) is 0. The van der Waals surface area contributed by atoms with E-state index >= 15 is 0 Å². The highest BCUT2D eigenvalue weighted by atomic mass is 16.6. The second kappa shape index (κ2) is 9.54. The molecule has 1 aliphatic heterocycles. The van der Waals surface area contributed by atoms with E-state index < -0.39 is 11.6 Å². The first-order valence-corrected chi connectivity index (χ1v) is 9.60. The molecule has 1 aliphatic rings. The molecule has 0 bridgehead atoms. The fourth-order valence-corrected chi connectivity index (χ4v) is 2.90. The minimum absolute atomic E-state index is 0.198. The summed E-state index contributed by atoms with van der Waals surface area (Å²) in [4.78, 5) is 49.1. The molecule has 0 unspecified atom stereocenters. The number of anilines is 1. The zero-order valence-corrected chi connectivity index (χ0v) is 17.3. The molecule has 0 aliphatic carbocycles. The maximum Gasteiger partial charge on any atom is 0.410 e. The molecule has 2 rings (SSSR count). The summed E-state index contributed by atoms with van der Waals surface area (Å²) in [6.45, 7) is 7.29. The number of esters is 1. The summed E-state index contributed by atoms with van der Waals surface area (Å²) in [5.74, 6) is -1.30. The molecule has 29 heavy (non-hydrogen) atoms. The number of nitrogens with one attached hydrogen (secondary N) is 1. The van der Waals surface area contributed by atoms with Gasteiger partial charge in [0.1, 0.15) is 5.60 Å². The standard InChI is InChI=1S/C21H28N2O6/c1-14(24)22-17-7-5-15(6-8-17)18(25)13-28-19(26)16-9-11-23(12-10-16)20(27)29-21(2,3)4/h5-8,16H,9-13H2,1-4H3,(H,22,24). The molecule has 1 fully saturated rings. The van der Waals surface area contributed by atoms with Gasteiger partial charge in [0.15, 0.2) is 12.4 Å². The number of rotatable bonds is 5. The van der Waals surface area contributed by atoms with Gasteiger partial charge in [0.25, 0.3) is 0 Å². The molecular formula is C21H28N2O6. The van der Waals surface area contributed by atoms with Crippen LogP contribution in [0.3, 0.4) is 0 Å². The molecule has 1 aromatic rings. The van der Waals surface area contributed by atoms with E-state index in [1.807, 2.05) is 0 Å². The van der Waals surface area contributed by atoms with Crippen molar-refractivity contribution in [2.75, 3.05) is 25.0 Å². The molecule has 0 spiro atoms. The number of piperidine rings is 1. The van der Waals surface area contributed by atoms with Crippen molar-refractivity contribution >= 4 is 29.4 Å². The van der Waals surface area contributed by atoms with E-state index in [4.69, 9.17) is 9.47 Å². The van der Waals surface area contributed by atoms with Crippen molar-refractivity contribution in [2.45, 2.75) is 46.1 Å². The number of hydrogen-bond acceptors (Lipinski definition) is 6. The van der Waals surface area contributed by atoms with Gasteiger partial charge in [-0.25, -0.2) is 4.79 Å². The summed E-state index contributed by atoms with van der Waals surface area (Å²) in [6.07, 6.45) is 0.553. The first kappa shape index (κ1) is 22.4. The van der Waals surface area contributed by atoms with E-state index in [1.165, 1.54) is 6.92 Å². The van der Waals surface area contributed by atoms with Crippen LogP contribution in [-0.2, 0) is 19.1 Å². The average Bonchev–Trinajstić information content (AvgIpc) is 2.64. The third-order valence-corrected chi connectivity index (χ3v) is 4.35. The zero-order chi connectivity index (χ0) is 21.6. The summed E-state index contributed by atoms with van der Waals surface area (Å²) in [5, 5.41) is 2.62. The molecule has 8 nitrogen and oxygen atoms in total. The minimum Gasteiger partial charge on any atom is -0.457 e. The van der Waals surface area contributed by atoms with E-state index in [0.29, 0.717) is 37.2 Å². The van der Waals surface area contributed by atoms with Crippen molar-refractivity contribution < 1.29 is 28.7 Å². The van der Waals surface area contributed by atoms with Crippen LogP contribution in [-0.4, -0.2) is 54.0 Å². The minimum atomic E-state index is -0.562. The lowest BCUT2D eigenvalue weighted by atomic mass is 9.97. The van der Waals surface area contributed by atoms with Crippen LogP contribution in [0.4, 0.5) is 10.5 Å². The number of likely N-dealkylation sites (tertiary alicyclic amines) is 1. The summed E-state index contributed by atoms with van der Waals surface area (Å²) < 4.78 is 10.5. The Hall–Kier alpha value is -2.90. The predicted octanol–water partition coefficient (Wildman–Crippen LogP) is 3.02. The summed E-state index contributed by atoms with van der Waals surface area (Å²) in [5.41, 5.74) is 0.419. The molecule has 0 atom stereocenters. The van der Waals surface area contributed by atoms with Gasteiger partial charge in [-0.15, -0.1) is 0 Å². The molecule has 158 valence electrons. The highest BCUT2D eigenvalue weighted by molar-refractivity contribution is 5.98. The largest absolute Gasteiger partial charge is 0.457 e. The Morgan fingerprint density at radius 1 is 1.07 bits per heavy atom. The van der Waals surface area contributed by atoms with Crippen LogP contribution in [0.1, 0.15) is 50.9 Å². The van der Waals surface area contributed by atoms with E-state index in [0.717, 1.165) is 0 Å². The Bertz CT molecular complexity index is 758. The van der Waals surface area contributed by atoms with Crippen LogP contribution >= 0.6 is 0 Å². The Balaban J connectivity index is 1.77. The lowest BCUT2D eigenvalue weighted by Crippen LogP contribution is -2.43. The normalized spacial score (nSPS) is 14.8. The maximum atomic E-state index is 12.3. The molecule has 0 aromatic heterocycles. The van der Waals surface area contributed by atoms with E-state index in [9.17, 15) is 19.2 Å². The van der Waals surface area contributed by atoms with Gasteiger partial charge in [-0.3, -0.25) is 14.4 Å². The van der Waals surface area contributed by atoms with Crippen molar-refractivity contribution in [1.29, 1.82) is 0 Å². The van der Waals surface area contributed by atoms with Crippen molar-refractivity contribution in [3.05, 3.63) is 29.8 Å². The van der Waals surface area contributed by atoms with Crippen LogP contribution in [0, 0.1) is 5.92 Å². The third-order valence-electron chi connectivity index (χ3n) is 4.35. The Morgan fingerprint density at radius 2 is 1.66 bits per heavy atom. The van der Waals surface area contributed by atoms with E-state index in [-0.39, 0.29) is 30.3 Å². The summed E-state index contributed by atoms with van der Waals surface area (Å²) in [6, 6.07) is 6.37. The first-order valence-electron chi connectivity index (χ1n) is 9.60. The number of ketones is 1. The fraction of sp³-hybridized carbons (Fsp3) is 0.524. The van der Waals surface area contributed by atoms with Gasteiger partial charge < -0.3 is 19.7 Å². The number of carbonyl (C=O) groups is 4. The van der Waals surface area contributed by atoms with Crippen LogP contribution in [0.5, 0.6) is 0 Å². The van der Waals surface area contributed by atoms with Gasteiger partial charge >= 0.3 is 12.1 Å². The first-order chi connectivity index (χ1) is 13.5. The van der Waals surface area contributed by atoms with Crippen LogP contribution < -0.4 is 5.32 Å². The zero-order valence-electron chi connectivity index (χ0n) is 17.3. The lowest BCUT2D eigenvalue weighted by molar-refractivity contribution is -0.149. The number of amides is 2. The lowest BCUT2D eigenvalue weighted by Gasteiger charge is -2.32. The molecule has 1 saturated heterocycles. The van der Waals surface area contributed by atoms with Gasteiger partial charge in [0.05, 0.1) is 5.92 Å². The van der Waals surface area contributed by atoms with E-state index in [2.05, 4.69) is 5.32 Å². The number of nitrogens with zero attached hydrogens (tertiary/aromatic N) is 1. The van der Waals surface area contributed by atoms with Crippen LogP contribution in [0.2, 0.25) is 0 Å². The molecule has 1 N–H and O–H groups in total. The quantitative estimate of drug-likeness (QED) is 0.598. The van der Waals surface area contributed by atoms with Gasteiger partial charge in [-0.05, 0) is 57.9 Å². The van der Waals surface area contributed by atoms with E-state index in [1.54, 1.807) is 49.9 Å². The molecule has 0 saturated carbocycles. The van der Waals surface area contributed by atoms with Gasteiger partial charge in [-0.1, -0.05) is 0 Å². The van der Waals surface area contributed by atoms with Crippen molar-refractivity contribution in [1.82, 2.24) is 4.90 Å². The topological polar surface area (TPSA) is 102 Å². The molecule has 1 heterocycles. The molecule has 8 heteroatoms. The smallest absolute Gasteiger partial charge is 0.410 e. The molecule has 0 radical (unpaired) electrons. The van der Waals surface area contributed by atoms with Crippen LogP contribution in [0.25, 0.3) is 0 Å². The number of ether oxygens (including phenoxy) is 2. The van der Waals surface area contributed by atoms with Gasteiger partial charge in [0, 0.05) is 31.3 Å². The second-order valence-electron chi connectivity index (χ2n) is 8.03. The van der Waals surface area contributed by atoms with Gasteiger partial charge in [0.2, 0.25) is 5.91 Å². The van der Waals surface area contributed by atoms with Crippen LogP contribution in [0.15, 0.2) is 24.3 Å². The van der Waals surface area contributed by atoms with Crippen molar-refractivity contribution in [3.8, 4) is 0 Å². The molecular weight excluding hydrogens is 376 g/mol. The Labute approximate surface area is 170 Å². The maximum absolute atomic E-state index is 12.3. The second-order valence-corrected chi connectivity index (χ2v) is 8.03.